The quantitative estimate of drug-likeness (QED) is 0.249. The number of thiocarbonyl (C=S) groups is 3. The molecule has 25 heavy (non-hydrogen) atoms. The summed E-state index contributed by atoms with van der Waals surface area (Å²) in [5.41, 5.74) is 0. The second kappa shape index (κ2) is 15.6. The van der Waals surface area contributed by atoms with E-state index in [1.165, 1.54) is 0 Å². The fraction of sp³-hybridized carbons (Fsp3) is 0.800. The molecule has 0 aliphatic carbocycles. The average Bonchev–Trinajstić information content (AvgIpc) is 2.57. The molecule has 0 unspecified atom stereocenters. The van der Waals surface area contributed by atoms with Gasteiger partial charge in [-0.1, -0.05) is 0 Å². The van der Waals surface area contributed by atoms with Crippen molar-refractivity contribution in [2.24, 2.45) is 0 Å². The summed E-state index contributed by atoms with van der Waals surface area (Å²) in [5, 5.41) is 0. The monoisotopic (exact) mass is 649 g/mol. The van der Waals surface area contributed by atoms with Crippen LogP contribution in [0.1, 0.15) is 41.5 Å². The van der Waals surface area contributed by atoms with Crippen LogP contribution in [0, 0.1) is 0 Å². The van der Waals surface area contributed by atoms with E-state index < -0.39 is 18.2 Å². The first-order valence-electron chi connectivity index (χ1n) is 8.74. The van der Waals surface area contributed by atoms with E-state index >= 15 is 0 Å². The normalized spacial score (nSPS) is 10.3. The topological polar surface area (TPSA) is 9.72 Å². The van der Waals surface area contributed by atoms with Crippen LogP contribution < -0.4 is 0 Å². The third kappa shape index (κ3) is 10.1. The Bertz CT molecular complexity index is 364. The maximum atomic E-state index is 5.70. The van der Waals surface area contributed by atoms with E-state index in [-0.39, 0.29) is 0 Å². The zero-order chi connectivity index (χ0) is 19.4. The van der Waals surface area contributed by atoms with Gasteiger partial charge in [-0.05, 0) is 0 Å². The van der Waals surface area contributed by atoms with Crippen LogP contribution in [0.25, 0.3) is 0 Å². The summed E-state index contributed by atoms with van der Waals surface area (Å²) in [5.74, 6) is 0. The molecule has 0 radical (unpaired) electrons. The molecule has 0 saturated carbocycles. The van der Waals surface area contributed by atoms with E-state index in [1.807, 2.05) is 24.9 Å². The molecule has 0 aromatic carbocycles. The van der Waals surface area contributed by atoms with Gasteiger partial charge in [0.1, 0.15) is 0 Å². The molecule has 10 heteroatoms. The molecule has 0 aromatic rings. The standard InChI is InChI=1S/3C5H11NS2.Tl/c3*1-3-6(4-2)5(7)8;/h3*3-4H2,1-2H3,(H,7,8);/q;;;+3/p-3. The van der Waals surface area contributed by atoms with Crippen molar-refractivity contribution >= 4 is 92.8 Å². The van der Waals surface area contributed by atoms with E-state index in [2.05, 4.69) is 56.2 Å². The minimum atomic E-state index is -2.41. The number of hydrogen-bond donors (Lipinski definition) is 0. The molecule has 0 saturated heterocycles. The zero-order valence-electron chi connectivity index (χ0n) is 16.1. The van der Waals surface area contributed by atoms with Crippen LogP contribution >= 0.6 is 61.6 Å². The van der Waals surface area contributed by atoms with Crippen molar-refractivity contribution < 1.29 is 0 Å². The van der Waals surface area contributed by atoms with Crippen molar-refractivity contribution in [3.63, 3.8) is 0 Å². The fourth-order valence-corrected chi connectivity index (χ4v) is 52.7. The van der Waals surface area contributed by atoms with E-state index in [0.29, 0.717) is 0 Å². The van der Waals surface area contributed by atoms with Gasteiger partial charge >= 0.3 is 188 Å². The minimum absolute atomic E-state index is 0.958. The van der Waals surface area contributed by atoms with E-state index in [1.54, 1.807) is 0 Å². The average molecular weight is 649 g/mol. The van der Waals surface area contributed by atoms with E-state index in [4.69, 9.17) is 36.7 Å². The van der Waals surface area contributed by atoms with Crippen molar-refractivity contribution in [1.29, 1.82) is 0 Å². The van der Waals surface area contributed by atoms with Crippen LogP contribution in [0.15, 0.2) is 0 Å². The molecule has 0 aliphatic heterocycles. The first kappa shape index (κ1) is 26.6. The predicted molar refractivity (Wildman–Crippen MR) is 135 cm³/mol. The van der Waals surface area contributed by atoms with Crippen LogP contribution in [0.4, 0.5) is 0 Å². The van der Waals surface area contributed by atoms with Gasteiger partial charge in [-0.3, -0.25) is 0 Å². The molecule has 0 spiro atoms. The predicted octanol–water partition coefficient (Wildman–Crippen LogP) is 5.05. The Labute approximate surface area is 186 Å². The Balaban J connectivity index is 5.12. The SMILES string of the molecule is CCN(CC)C(=S)[S][Tl]([S]C(=S)N(CC)CC)[S]C(=S)N(CC)CC. The van der Waals surface area contributed by atoms with Crippen LogP contribution in [-0.2, 0) is 0 Å². The summed E-state index contributed by atoms with van der Waals surface area (Å²) in [6.45, 7) is 18.7. The van der Waals surface area contributed by atoms with Gasteiger partial charge in [-0.15, -0.1) is 0 Å². The van der Waals surface area contributed by atoms with Gasteiger partial charge in [-0.2, -0.15) is 0 Å². The Kier molecular flexibility index (Phi) is 16.6. The Morgan fingerprint density at radius 3 is 0.920 bits per heavy atom. The van der Waals surface area contributed by atoms with Gasteiger partial charge in [0.25, 0.3) is 0 Å². The van der Waals surface area contributed by atoms with Gasteiger partial charge in [0, 0.05) is 0 Å². The second-order valence-electron chi connectivity index (χ2n) is 4.96. The van der Waals surface area contributed by atoms with Crippen molar-refractivity contribution in [3.05, 3.63) is 0 Å². The van der Waals surface area contributed by atoms with Gasteiger partial charge in [-0.25, -0.2) is 0 Å². The van der Waals surface area contributed by atoms with Gasteiger partial charge in [0.05, 0.1) is 0 Å². The zero-order valence-corrected chi connectivity index (χ0v) is 25.5. The summed E-state index contributed by atoms with van der Waals surface area (Å²) < 4.78 is 3.05. The summed E-state index contributed by atoms with van der Waals surface area (Å²) >= 11 is 14.7. The molecule has 0 atom stereocenters. The van der Waals surface area contributed by atoms with E-state index in [0.717, 1.165) is 52.2 Å². The maximum absolute atomic E-state index is 5.70. The number of nitrogens with zero attached hydrogens (tertiary/aromatic N) is 3. The molecular weight excluding hydrogens is 619 g/mol. The molecule has 0 N–H and O–H groups in total. The Morgan fingerprint density at radius 1 is 0.560 bits per heavy atom. The van der Waals surface area contributed by atoms with Crippen LogP contribution in [0.5, 0.6) is 0 Å². The third-order valence-corrected chi connectivity index (χ3v) is 43.0. The molecule has 3 nitrogen and oxygen atoms in total. The van der Waals surface area contributed by atoms with Gasteiger partial charge in [0.15, 0.2) is 0 Å². The van der Waals surface area contributed by atoms with Crippen molar-refractivity contribution in [1.82, 2.24) is 14.7 Å². The Morgan fingerprint density at radius 2 is 0.760 bits per heavy atom. The first-order valence-corrected chi connectivity index (χ1v) is 29.1. The summed E-state index contributed by atoms with van der Waals surface area (Å²) in [6, 6.07) is 0. The molecule has 0 aliphatic rings. The first-order chi connectivity index (χ1) is 11.9. The molecule has 0 rings (SSSR count). The fourth-order valence-electron chi connectivity index (χ4n) is 1.99. The molecule has 0 bridgehead atoms. The van der Waals surface area contributed by atoms with Gasteiger partial charge < -0.3 is 0 Å². The molecule has 0 fully saturated rings. The molecular formula is C15H30N3S6Tl. The van der Waals surface area contributed by atoms with Crippen LogP contribution in [0.2, 0.25) is 0 Å². The summed E-state index contributed by atoms with van der Waals surface area (Å²) in [7, 11) is 5.74. The number of hydrogen-bond acceptors (Lipinski definition) is 6. The van der Waals surface area contributed by atoms with Gasteiger partial charge in [0.2, 0.25) is 0 Å². The van der Waals surface area contributed by atoms with Crippen molar-refractivity contribution in [2.75, 3.05) is 39.3 Å². The van der Waals surface area contributed by atoms with Crippen molar-refractivity contribution in [3.8, 4) is 0 Å². The molecule has 144 valence electrons. The summed E-state index contributed by atoms with van der Waals surface area (Å²) in [4.78, 5) is 6.78. The Hall–Kier alpha value is 1.64. The third-order valence-electron chi connectivity index (χ3n) is 3.66. The molecule has 0 heterocycles. The molecule has 0 aromatic heterocycles. The van der Waals surface area contributed by atoms with Crippen LogP contribution in [0.3, 0.4) is 0 Å². The van der Waals surface area contributed by atoms with Crippen LogP contribution in [-0.4, -0.2) is 85.1 Å². The number of rotatable bonds is 9. The second-order valence-corrected chi connectivity index (χ2v) is 39.5. The van der Waals surface area contributed by atoms with E-state index in [9.17, 15) is 0 Å². The molecule has 0 amide bonds. The van der Waals surface area contributed by atoms with Crippen molar-refractivity contribution in [2.45, 2.75) is 41.5 Å². The summed E-state index contributed by atoms with van der Waals surface area (Å²) in [6.07, 6.45) is 0.